The summed E-state index contributed by atoms with van der Waals surface area (Å²) in [5, 5.41) is 3.52. The van der Waals surface area contributed by atoms with E-state index in [0.29, 0.717) is 5.92 Å². The molecule has 0 spiro atoms. The standard InChI is InChI=1S/C19H31N3O2.2ClH/c1-16(2)14-21-10-6-11-22(19(23)15-24-3)18-8-5-4-7-17(18)13-20-9-12-21;;/h4-5,7-8,16,20H,6,9-15H2,1-3H3;2*1H. The van der Waals surface area contributed by atoms with E-state index in [1.54, 1.807) is 7.11 Å². The zero-order valence-corrected chi connectivity index (χ0v) is 17.7. The highest BCUT2D eigenvalue weighted by molar-refractivity contribution is 5.95. The van der Waals surface area contributed by atoms with Gasteiger partial charge in [0.15, 0.2) is 0 Å². The van der Waals surface area contributed by atoms with Crippen LogP contribution in [0.5, 0.6) is 0 Å². The molecule has 0 saturated heterocycles. The van der Waals surface area contributed by atoms with Crippen LogP contribution in [0, 0.1) is 5.92 Å². The van der Waals surface area contributed by atoms with Gasteiger partial charge in [-0.3, -0.25) is 4.79 Å². The fourth-order valence-electron chi connectivity index (χ4n) is 3.23. The van der Waals surface area contributed by atoms with E-state index in [-0.39, 0.29) is 37.3 Å². The van der Waals surface area contributed by atoms with Crippen LogP contribution in [0.25, 0.3) is 0 Å². The molecule has 0 bridgehead atoms. The molecule has 150 valence electrons. The molecule has 5 nitrogen and oxygen atoms in total. The van der Waals surface area contributed by atoms with Crippen LogP contribution < -0.4 is 10.2 Å². The largest absolute Gasteiger partial charge is 0.375 e. The SMILES string of the molecule is COCC(=O)N1CCCN(CC(C)C)CCNCc2ccccc21.Cl.Cl. The van der Waals surface area contributed by atoms with Crippen molar-refractivity contribution < 1.29 is 9.53 Å². The summed E-state index contributed by atoms with van der Waals surface area (Å²) in [5.41, 5.74) is 2.17. The van der Waals surface area contributed by atoms with Crippen molar-refractivity contribution >= 4 is 36.4 Å². The van der Waals surface area contributed by atoms with Crippen LogP contribution in [0.4, 0.5) is 5.69 Å². The van der Waals surface area contributed by atoms with Gasteiger partial charge in [0.25, 0.3) is 5.91 Å². The number of para-hydroxylation sites is 1. The highest BCUT2D eigenvalue weighted by Crippen LogP contribution is 2.21. The maximum atomic E-state index is 12.5. The van der Waals surface area contributed by atoms with Gasteiger partial charge in [0.1, 0.15) is 6.61 Å². The van der Waals surface area contributed by atoms with Crippen LogP contribution in [0.3, 0.4) is 0 Å². The van der Waals surface area contributed by atoms with Gasteiger partial charge < -0.3 is 19.9 Å². The number of amides is 1. The van der Waals surface area contributed by atoms with E-state index in [1.165, 1.54) is 5.56 Å². The summed E-state index contributed by atoms with van der Waals surface area (Å²) in [7, 11) is 1.57. The van der Waals surface area contributed by atoms with Crippen molar-refractivity contribution in [3.63, 3.8) is 0 Å². The lowest BCUT2D eigenvalue weighted by atomic mass is 10.1. The molecule has 0 fully saturated rings. The maximum absolute atomic E-state index is 12.5. The first-order valence-corrected chi connectivity index (χ1v) is 8.92. The number of nitrogens with zero attached hydrogens (tertiary/aromatic N) is 2. The van der Waals surface area contributed by atoms with Crippen LogP contribution >= 0.6 is 24.8 Å². The van der Waals surface area contributed by atoms with Crippen LogP contribution in [0.1, 0.15) is 25.8 Å². The number of carbonyl (C=O) groups is 1. The molecule has 0 aromatic heterocycles. The van der Waals surface area contributed by atoms with Gasteiger partial charge in [-0.1, -0.05) is 32.0 Å². The maximum Gasteiger partial charge on any atom is 0.252 e. The Morgan fingerprint density at radius 3 is 2.62 bits per heavy atom. The molecule has 1 N–H and O–H groups in total. The van der Waals surface area contributed by atoms with Gasteiger partial charge in [-0.2, -0.15) is 0 Å². The lowest BCUT2D eigenvalue weighted by molar-refractivity contribution is -0.122. The third kappa shape index (κ3) is 7.80. The number of rotatable bonds is 4. The van der Waals surface area contributed by atoms with Gasteiger partial charge in [-0.15, -0.1) is 24.8 Å². The highest BCUT2D eigenvalue weighted by atomic mass is 35.5. The van der Waals surface area contributed by atoms with Crippen molar-refractivity contribution in [2.75, 3.05) is 51.3 Å². The summed E-state index contributed by atoms with van der Waals surface area (Å²) < 4.78 is 5.08. The molecule has 1 amide bonds. The van der Waals surface area contributed by atoms with Crippen molar-refractivity contribution in [2.45, 2.75) is 26.8 Å². The van der Waals surface area contributed by atoms with E-state index in [4.69, 9.17) is 4.74 Å². The number of hydrogen-bond acceptors (Lipinski definition) is 4. The van der Waals surface area contributed by atoms with Gasteiger partial charge in [0, 0.05) is 45.5 Å². The third-order valence-electron chi connectivity index (χ3n) is 4.25. The topological polar surface area (TPSA) is 44.8 Å². The van der Waals surface area contributed by atoms with Crippen molar-refractivity contribution in [3.8, 4) is 0 Å². The summed E-state index contributed by atoms with van der Waals surface area (Å²) in [6, 6.07) is 8.16. The first-order chi connectivity index (χ1) is 11.6. The molecule has 1 heterocycles. The molecule has 2 rings (SSSR count). The highest BCUT2D eigenvalue weighted by Gasteiger charge is 2.19. The number of carbonyl (C=O) groups excluding carboxylic acids is 1. The number of ether oxygens (including phenoxy) is 1. The van der Waals surface area contributed by atoms with E-state index in [1.807, 2.05) is 23.1 Å². The Hall–Kier alpha value is -0.850. The van der Waals surface area contributed by atoms with Gasteiger partial charge in [-0.25, -0.2) is 0 Å². The van der Waals surface area contributed by atoms with Gasteiger partial charge in [0.05, 0.1) is 0 Å². The molecule has 0 unspecified atom stereocenters. The molecule has 7 heteroatoms. The lowest BCUT2D eigenvalue weighted by Crippen LogP contribution is -2.38. The molecular formula is C19H33Cl2N3O2. The zero-order valence-electron chi connectivity index (χ0n) is 16.1. The molecular weight excluding hydrogens is 373 g/mol. The molecule has 0 aliphatic carbocycles. The van der Waals surface area contributed by atoms with E-state index in [0.717, 1.165) is 51.4 Å². The number of nitrogens with one attached hydrogen (secondary N) is 1. The van der Waals surface area contributed by atoms with Crippen LogP contribution in [-0.4, -0.2) is 57.2 Å². The molecule has 0 radical (unpaired) electrons. The van der Waals surface area contributed by atoms with Gasteiger partial charge in [0.2, 0.25) is 0 Å². The second kappa shape index (κ2) is 13.3. The zero-order chi connectivity index (χ0) is 17.4. The second-order valence-electron chi connectivity index (χ2n) is 6.83. The summed E-state index contributed by atoms with van der Waals surface area (Å²) in [4.78, 5) is 16.9. The normalized spacial score (nSPS) is 16.1. The minimum absolute atomic E-state index is 0. The Balaban J connectivity index is 0.00000312. The van der Waals surface area contributed by atoms with E-state index in [9.17, 15) is 4.79 Å². The molecule has 26 heavy (non-hydrogen) atoms. The van der Waals surface area contributed by atoms with E-state index in [2.05, 4.69) is 30.1 Å². The Labute approximate surface area is 170 Å². The monoisotopic (exact) mass is 405 g/mol. The molecule has 0 atom stereocenters. The van der Waals surface area contributed by atoms with Crippen LogP contribution in [0.2, 0.25) is 0 Å². The summed E-state index contributed by atoms with van der Waals surface area (Å²) >= 11 is 0. The minimum atomic E-state index is 0. The number of fused-ring (bicyclic) bond motifs is 1. The van der Waals surface area contributed by atoms with Crippen molar-refractivity contribution in [2.24, 2.45) is 5.92 Å². The third-order valence-corrected chi connectivity index (χ3v) is 4.25. The quantitative estimate of drug-likeness (QED) is 0.835. The molecule has 1 aromatic rings. The average molecular weight is 406 g/mol. The fraction of sp³-hybridized carbons (Fsp3) is 0.632. The Morgan fingerprint density at radius 2 is 1.92 bits per heavy atom. The summed E-state index contributed by atoms with van der Waals surface area (Å²) in [6.07, 6.45) is 0.969. The van der Waals surface area contributed by atoms with Crippen molar-refractivity contribution in [3.05, 3.63) is 29.8 Å². The minimum Gasteiger partial charge on any atom is -0.375 e. The number of benzene rings is 1. The first kappa shape index (κ1) is 25.1. The van der Waals surface area contributed by atoms with E-state index < -0.39 is 0 Å². The molecule has 0 saturated carbocycles. The van der Waals surface area contributed by atoms with Crippen LogP contribution in [-0.2, 0) is 16.1 Å². The van der Waals surface area contributed by atoms with Crippen molar-refractivity contribution in [1.29, 1.82) is 0 Å². The Morgan fingerprint density at radius 1 is 1.19 bits per heavy atom. The van der Waals surface area contributed by atoms with Crippen molar-refractivity contribution in [1.82, 2.24) is 10.2 Å². The van der Waals surface area contributed by atoms with Gasteiger partial charge >= 0.3 is 0 Å². The van der Waals surface area contributed by atoms with E-state index >= 15 is 0 Å². The molecule has 1 aliphatic rings. The van der Waals surface area contributed by atoms with Crippen LogP contribution in [0.15, 0.2) is 24.3 Å². The molecule has 1 aromatic carbocycles. The fourth-order valence-corrected chi connectivity index (χ4v) is 3.23. The summed E-state index contributed by atoms with van der Waals surface area (Å²) in [5.74, 6) is 0.679. The number of methoxy groups -OCH3 is 1. The predicted molar refractivity (Wildman–Crippen MR) is 113 cm³/mol. The lowest BCUT2D eigenvalue weighted by Gasteiger charge is -2.27. The Kier molecular flexibility index (Phi) is 12.9. The first-order valence-electron chi connectivity index (χ1n) is 8.92. The van der Waals surface area contributed by atoms with Gasteiger partial charge in [-0.05, 0) is 30.5 Å². The smallest absolute Gasteiger partial charge is 0.252 e. The summed E-state index contributed by atoms with van der Waals surface area (Å²) in [6.45, 7) is 10.3. The number of hydrogen-bond donors (Lipinski definition) is 1. The molecule has 1 aliphatic heterocycles. The predicted octanol–water partition coefficient (Wildman–Crippen LogP) is 2.96. The number of anilines is 1. The average Bonchev–Trinajstić information content (AvgIpc) is 2.58. The second-order valence-corrected chi connectivity index (χ2v) is 6.83. The Bertz CT molecular complexity index is 529. The number of halogens is 2.